The molecule has 0 fully saturated rings. The number of halogens is 4. The molecule has 0 radical (unpaired) electrons. The van der Waals surface area contributed by atoms with E-state index in [1.807, 2.05) is 13.8 Å². The molecule has 0 aromatic heterocycles. The van der Waals surface area contributed by atoms with Gasteiger partial charge < -0.3 is 25.4 Å². The van der Waals surface area contributed by atoms with Gasteiger partial charge >= 0.3 is 11.9 Å². The number of nitrogens with two attached hydrogens (primary N) is 1. The normalized spacial score (nSPS) is 11.0. The Hall–Kier alpha value is -1.90. The third kappa shape index (κ3) is 17.6. The molecule has 11 heteroatoms. The number of ether oxygens (including phenoxy) is 2. The van der Waals surface area contributed by atoms with Crippen molar-refractivity contribution in [2.75, 3.05) is 13.2 Å². The number of aliphatic carboxylic acids is 2. The molecule has 0 heterocycles. The first-order chi connectivity index (χ1) is 17.9. The molecule has 7 nitrogen and oxygen atoms in total. The summed E-state index contributed by atoms with van der Waals surface area (Å²) >= 11 is 23.0. The Kier molecular flexibility index (Phi) is 19.9. The zero-order valence-electron chi connectivity index (χ0n) is 21.9. The van der Waals surface area contributed by atoms with Crippen LogP contribution in [0.15, 0.2) is 36.4 Å². The number of hydrogen-bond donors (Lipinski definition) is 3. The van der Waals surface area contributed by atoms with Crippen molar-refractivity contribution in [2.45, 2.75) is 65.4 Å². The maximum absolute atomic E-state index is 11.0. The van der Waals surface area contributed by atoms with Gasteiger partial charge in [-0.3, -0.25) is 0 Å². The Morgan fingerprint density at radius 2 is 1.39 bits per heavy atom. The maximum Gasteiger partial charge on any atom is 0.344 e. The first-order valence-electron chi connectivity index (χ1n) is 12.2. The first-order valence-corrected chi connectivity index (χ1v) is 13.8. The van der Waals surface area contributed by atoms with Crippen molar-refractivity contribution in [3.63, 3.8) is 0 Å². The number of carboxylic acids is 2. The maximum atomic E-state index is 11.0. The molecule has 38 heavy (non-hydrogen) atoms. The molecule has 0 bridgehead atoms. The summed E-state index contributed by atoms with van der Waals surface area (Å²) in [5.74, 6) is -1.17. The molecule has 0 saturated carbocycles. The first kappa shape index (κ1) is 36.1. The molecule has 2 aromatic rings. The smallest absolute Gasteiger partial charge is 0.344 e. The average molecular weight is 613 g/mol. The second-order valence-electron chi connectivity index (χ2n) is 8.61. The Morgan fingerprint density at radius 3 is 1.82 bits per heavy atom. The summed E-state index contributed by atoms with van der Waals surface area (Å²) < 4.78 is 10.2. The number of unbranched alkanes of at least 4 members (excludes halogenated alkanes) is 4. The van der Waals surface area contributed by atoms with Crippen LogP contribution in [0.5, 0.6) is 11.5 Å². The fourth-order valence-electron chi connectivity index (χ4n) is 2.83. The van der Waals surface area contributed by atoms with Gasteiger partial charge in [-0.15, -0.1) is 0 Å². The van der Waals surface area contributed by atoms with E-state index in [1.54, 1.807) is 18.2 Å². The molecule has 0 amide bonds. The highest BCUT2D eigenvalue weighted by atomic mass is 35.5. The zero-order valence-corrected chi connectivity index (χ0v) is 24.9. The van der Waals surface area contributed by atoms with E-state index >= 15 is 0 Å². The largest absolute Gasteiger partial charge is 0.480 e. The van der Waals surface area contributed by atoms with E-state index in [1.165, 1.54) is 50.3 Å². The van der Waals surface area contributed by atoms with Gasteiger partial charge in [-0.25, -0.2) is 9.59 Å². The van der Waals surface area contributed by atoms with E-state index < -0.39 is 24.6 Å². The van der Waals surface area contributed by atoms with Gasteiger partial charge in [0.2, 0.25) is 0 Å². The molecular formula is C27H37Cl4NO6. The molecular weight excluding hydrogens is 576 g/mol. The van der Waals surface area contributed by atoms with Gasteiger partial charge in [0.15, 0.2) is 12.7 Å². The molecule has 0 saturated heterocycles. The van der Waals surface area contributed by atoms with Crippen LogP contribution in [0.3, 0.4) is 0 Å². The van der Waals surface area contributed by atoms with E-state index in [-0.39, 0.29) is 5.92 Å². The summed E-state index contributed by atoms with van der Waals surface area (Å²) in [6.07, 6.45) is 6.13. The lowest BCUT2D eigenvalue weighted by molar-refractivity contribution is -0.145. The molecule has 1 atom stereocenters. The molecule has 1 unspecified atom stereocenters. The standard InChI is InChI=1S/C12H14Cl2O3.C8H6Cl2O3.C7H17N/c1-7(2)5-11(12(15)16)17-10-4-3-8(13)6-9(10)14;9-5-1-2-7(6(10)3-5)13-4-8(11)12;1-2-3-4-5-6-7-8/h3-4,6-7,11H,5H2,1-2H3,(H,15,16);1-3H,4H2,(H,11,12);2-8H2,1H3. The van der Waals surface area contributed by atoms with Crippen LogP contribution in [0.25, 0.3) is 0 Å². The van der Waals surface area contributed by atoms with E-state index in [9.17, 15) is 9.59 Å². The lowest BCUT2D eigenvalue weighted by Crippen LogP contribution is -2.28. The molecule has 0 spiro atoms. The minimum absolute atomic E-state index is 0.224. The van der Waals surface area contributed by atoms with E-state index in [4.69, 9.17) is 71.8 Å². The third-order valence-electron chi connectivity index (χ3n) is 4.68. The number of carboxylic acid groups (broad SMARTS) is 2. The third-order valence-corrected chi connectivity index (χ3v) is 5.74. The Labute approximate surface area is 245 Å². The summed E-state index contributed by atoms with van der Waals surface area (Å²) in [5, 5.41) is 18.9. The lowest BCUT2D eigenvalue weighted by Gasteiger charge is -2.17. The Morgan fingerprint density at radius 1 is 0.868 bits per heavy atom. The summed E-state index contributed by atoms with van der Waals surface area (Å²) in [4.78, 5) is 21.2. The summed E-state index contributed by atoms with van der Waals surface area (Å²) in [6.45, 7) is 6.54. The minimum Gasteiger partial charge on any atom is -0.480 e. The number of hydrogen-bond acceptors (Lipinski definition) is 5. The molecule has 0 aliphatic rings. The van der Waals surface area contributed by atoms with Crippen LogP contribution in [0.2, 0.25) is 20.1 Å². The van der Waals surface area contributed by atoms with Gasteiger partial charge in [0, 0.05) is 10.0 Å². The zero-order chi connectivity index (χ0) is 29.1. The van der Waals surface area contributed by atoms with Crippen molar-refractivity contribution < 1.29 is 29.3 Å². The minimum atomic E-state index is -1.05. The van der Waals surface area contributed by atoms with Gasteiger partial charge in [0.1, 0.15) is 11.5 Å². The Bertz CT molecular complexity index is 969. The SMILES string of the molecule is CC(C)CC(Oc1ccc(Cl)cc1Cl)C(=O)O.CCCCCCCN.O=C(O)COc1ccc(Cl)cc1Cl. The van der Waals surface area contributed by atoms with Crippen LogP contribution in [0.4, 0.5) is 0 Å². The molecule has 2 rings (SSSR count). The van der Waals surface area contributed by atoms with Crippen LogP contribution in [-0.4, -0.2) is 41.4 Å². The highest BCUT2D eigenvalue weighted by Gasteiger charge is 2.21. The van der Waals surface area contributed by atoms with Gasteiger partial charge in [0.05, 0.1) is 10.0 Å². The summed E-state index contributed by atoms with van der Waals surface area (Å²) in [6, 6.07) is 9.28. The monoisotopic (exact) mass is 611 g/mol. The van der Waals surface area contributed by atoms with Crippen LogP contribution < -0.4 is 15.2 Å². The van der Waals surface area contributed by atoms with Gasteiger partial charge in [-0.05, 0) is 61.7 Å². The highest BCUT2D eigenvalue weighted by Crippen LogP contribution is 2.29. The van der Waals surface area contributed by atoms with Gasteiger partial charge in [-0.2, -0.15) is 0 Å². The van der Waals surface area contributed by atoms with Crippen molar-refractivity contribution in [1.29, 1.82) is 0 Å². The lowest BCUT2D eigenvalue weighted by atomic mass is 10.1. The summed E-state index contributed by atoms with van der Waals surface area (Å²) in [7, 11) is 0. The van der Waals surface area contributed by atoms with Crippen molar-refractivity contribution >= 4 is 58.3 Å². The molecule has 4 N–H and O–H groups in total. The van der Waals surface area contributed by atoms with Crippen molar-refractivity contribution in [1.82, 2.24) is 0 Å². The van der Waals surface area contributed by atoms with Crippen LogP contribution in [0.1, 0.15) is 59.3 Å². The number of benzene rings is 2. The fourth-order valence-corrected chi connectivity index (χ4v) is 3.75. The topological polar surface area (TPSA) is 119 Å². The highest BCUT2D eigenvalue weighted by molar-refractivity contribution is 6.36. The van der Waals surface area contributed by atoms with Crippen molar-refractivity contribution in [3.8, 4) is 11.5 Å². The predicted molar refractivity (Wildman–Crippen MR) is 155 cm³/mol. The average Bonchev–Trinajstić information content (AvgIpc) is 2.83. The van der Waals surface area contributed by atoms with Crippen molar-refractivity contribution in [3.05, 3.63) is 56.5 Å². The second kappa shape index (κ2) is 21.0. The van der Waals surface area contributed by atoms with Crippen LogP contribution in [0, 0.1) is 5.92 Å². The van der Waals surface area contributed by atoms with Crippen molar-refractivity contribution in [2.24, 2.45) is 11.7 Å². The van der Waals surface area contributed by atoms with Crippen LogP contribution >= 0.6 is 46.4 Å². The molecule has 0 aliphatic heterocycles. The molecule has 2 aromatic carbocycles. The summed E-state index contributed by atoms with van der Waals surface area (Å²) in [5.41, 5.74) is 5.31. The fraction of sp³-hybridized carbons (Fsp3) is 0.481. The number of rotatable bonds is 13. The molecule has 0 aliphatic carbocycles. The molecule has 214 valence electrons. The van der Waals surface area contributed by atoms with E-state index in [0.717, 1.165) is 6.54 Å². The van der Waals surface area contributed by atoms with Gasteiger partial charge in [-0.1, -0.05) is 92.9 Å². The Balaban J connectivity index is 0.000000578. The van der Waals surface area contributed by atoms with Crippen LogP contribution in [-0.2, 0) is 9.59 Å². The number of carbonyl (C=O) groups is 2. The van der Waals surface area contributed by atoms with E-state index in [0.29, 0.717) is 38.0 Å². The van der Waals surface area contributed by atoms with E-state index in [2.05, 4.69) is 6.92 Å². The predicted octanol–water partition coefficient (Wildman–Crippen LogP) is 8.24. The second-order valence-corrected chi connectivity index (χ2v) is 10.3. The van der Waals surface area contributed by atoms with Gasteiger partial charge in [0.25, 0.3) is 0 Å². The quantitative estimate of drug-likeness (QED) is 0.195.